The van der Waals surface area contributed by atoms with E-state index in [4.69, 9.17) is 4.74 Å². The first-order chi connectivity index (χ1) is 10.9. The van der Waals surface area contributed by atoms with Gasteiger partial charge in [-0.25, -0.2) is 8.42 Å². The second-order valence-corrected chi connectivity index (χ2v) is 9.82. The minimum absolute atomic E-state index is 0.197. The molecule has 0 radical (unpaired) electrons. The van der Waals surface area contributed by atoms with Crippen molar-refractivity contribution < 1.29 is 13.2 Å². The highest BCUT2D eigenvalue weighted by atomic mass is 32.2. The molecule has 23 heavy (non-hydrogen) atoms. The highest BCUT2D eigenvalue weighted by Crippen LogP contribution is 2.34. The summed E-state index contributed by atoms with van der Waals surface area (Å²) in [5, 5.41) is 6.87. The minimum atomic E-state index is -2.82. The van der Waals surface area contributed by atoms with Crippen LogP contribution in [0.15, 0.2) is 4.99 Å². The molecule has 3 saturated heterocycles. The summed E-state index contributed by atoms with van der Waals surface area (Å²) < 4.78 is 29.0. The van der Waals surface area contributed by atoms with E-state index in [2.05, 4.69) is 29.5 Å². The molecule has 7 heteroatoms. The van der Waals surface area contributed by atoms with E-state index in [1.807, 2.05) is 0 Å². The Bertz CT molecular complexity index is 547. The van der Waals surface area contributed by atoms with Crippen LogP contribution in [0.2, 0.25) is 0 Å². The Morgan fingerprint density at radius 2 is 2.13 bits per heavy atom. The van der Waals surface area contributed by atoms with Crippen LogP contribution in [-0.2, 0) is 14.6 Å². The molecule has 6 nitrogen and oxygen atoms in total. The fourth-order valence-corrected chi connectivity index (χ4v) is 5.53. The Morgan fingerprint density at radius 3 is 2.70 bits per heavy atom. The highest BCUT2D eigenvalue weighted by Gasteiger charge is 2.41. The summed E-state index contributed by atoms with van der Waals surface area (Å²) in [6, 6.07) is 0.333. The second kappa shape index (κ2) is 6.97. The number of nitrogens with zero attached hydrogens (tertiary/aromatic N) is 1. The van der Waals surface area contributed by atoms with Crippen LogP contribution < -0.4 is 10.6 Å². The van der Waals surface area contributed by atoms with Crippen molar-refractivity contribution in [3.8, 4) is 0 Å². The van der Waals surface area contributed by atoms with E-state index in [1.54, 1.807) is 0 Å². The van der Waals surface area contributed by atoms with Gasteiger partial charge in [-0.1, -0.05) is 13.8 Å². The summed E-state index contributed by atoms with van der Waals surface area (Å²) in [6.45, 7) is 5.72. The Hall–Kier alpha value is -0.820. The Balaban J connectivity index is 1.54. The standard InChI is InChI=1S/C16H29N3O3S/c1-11(2)8-17-16(18-9-12-5-6-23(20,21)10-12)19-14-7-13-3-4-15(14)22-13/h11-15H,3-10H2,1-2H3,(H2,17,18,19). The van der Waals surface area contributed by atoms with Crippen LogP contribution in [0.5, 0.6) is 0 Å². The molecule has 3 rings (SSSR count). The first-order valence-electron chi connectivity index (χ1n) is 8.82. The van der Waals surface area contributed by atoms with Crippen LogP contribution in [0.4, 0.5) is 0 Å². The van der Waals surface area contributed by atoms with Gasteiger partial charge in [0.2, 0.25) is 0 Å². The largest absolute Gasteiger partial charge is 0.373 e. The Morgan fingerprint density at radius 1 is 1.30 bits per heavy atom. The zero-order valence-corrected chi connectivity index (χ0v) is 14.9. The van der Waals surface area contributed by atoms with Gasteiger partial charge in [0, 0.05) is 13.1 Å². The number of sulfone groups is 1. The smallest absolute Gasteiger partial charge is 0.191 e. The molecule has 3 aliphatic heterocycles. The number of nitrogens with one attached hydrogen (secondary N) is 2. The van der Waals surface area contributed by atoms with E-state index in [1.165, 1.54) is 6.42 Å². The molecule has 4 atom stereocenters. The molecule has 3 heterocycles. The van der Waals surface area contributed by atoms with Crippen LogP contribution >= 0.6 is 0 Å². The van der Waals surface area contributed by atoms with E-state index < -0.39 is 9.84 Å². The molecule has 4 unspecified atom stereocenters. The monoisotopic (exact) mass is 343 g/mol. The van der Waals surface area contributed by atoms with E-state index in [9.17, 15) is 8.42 Å². The molecule has 2 N–H and O–H groups in total. The summed E-state index contributed by atoms with van der Waals surface area (Å²) in [5.74, 6) is 2.13. The van der Waals surface area contributed by atoms with Crippen molar-refractivity contribution in [1.82, 2.24) is 10.6 Å². The summed E-state index contributed by atoms with van der Waals surface area (Å²) in [5.41, 5.74) is 0. The second-order valence-electron chi connectivity index (χ2n) is 7.59. The number of guanidine groups is 1. The third-order valence-electron chi connectivity index (χ3n) is 4.93. The quantitative estimate of drug-likeness (QED) is 0.573. The fourth-order valence-electron chi connectivity index (χ4n) is 3.67. The average molecular weight is 343 g/mol. The summed E-state index contributed by atoms with van der Waals surface area (Å²) in [6.07, 6.45) is 4.81. The van der Waals surface area contributed by atoms with Gasteiger partial charge < -0.3 is 15.4 Å². The number of aliphatic imine (C=N–C) groups is 1. The molecular formula is C16H29N3O3S. The van der Waals surface area contributed by atoms with Crippen LogP contribution in [-0.4, -0.2) is 57.2 Å². The number of hydrogen-bond donors (Lipinski definition) is 2. The maximum atomic E-state index is 11.6. The Labute approximate surface area is 139 Å². The first kappa shape index (κ1) is 17.0. The molecule has 0 aromatic rings. The predicted octanol–water partition coefficient (Wildman–Crippen LogP) is 0.932. The van der Waals surface area contributed by atoms with E-state index in [-0.39, 0.29) is 5.92 Å². The van der Waals surface area contributed by atoms with Crippen molar-refractivity contribution in [2.45, 2.75) is 57.8 Å². The van der Waals surface area contributed by atoms with Crippen molar-refractivity contribution in [3.05, 3.63) is 0 Å². The maximum absolute atomic E-state index is 11.6. The highest BCUT2D eigenvalue weighted by molar-refractivity contribution is 7.91. The molecule has 0 aliphatic carbocycles. The summed E-state index contributed by atoms with van der Waals surface area (Å²) in [4.78, 5) is 4.66. The topological polar surface area (TPSA) is 79.8 Å². The molecule has 0 aromatic heterocycles. The van der Waals surface area contributed by atoms with Crippen LogP contribution in [0.25, 0.3) is 0 Å². The number of rotatable bonds is 5. The van der Waals surface area contributed by atoms with E-state index in [0.29, 0.717) is 42.2 Å². The molecule has 0 aromatic carbocycles. The van der Waals surface area contributed by atoms with Gasteiger partial charge >= 0.3 is 0 Å². The molecule has 0 amide bonds. The minimum Gasteiger partial charge on any atom is -0.373 e. The number of ether oxygens (including phenoxy) is 1. The summed E-state index contributed by atoms with van der Waals surface area (Å²) >= 11 is 0. The van der Waals surface area contributed by atoms with Gasteiger partial charge in [-0.2, -0.15) is 0 Å². The lowest BCUT2D eigenvalue weighted by molar-refractivity contribution is 0.0992. The normalized spacial score (nSPS) is 35.9. The van der Waals surface area contributed by atoms with Gasteiger partial charge in [-0.15, -0.1) is 0 Å². The average Bonchev–Trinajstić information content (AvgIpc) is 3.17. The van der Waals surface area contributed by atoms with Crippen LogP contribution in [0.1, 0.15) is 39.5 Å². The van der Waals surface area contributed by atoms with Gasteiger partial charge in [0.25, 0.3) is 0 Å². The molecule has 3 aliphatic rings. The van der Waals surface area contributed by atoms with Crippen LogP contribution in [0, 0.1) is 11.8 Å². The maximum Gasteiger partial charge on any atom is 0.191 e. The fraction of sp³-hybridized carbons (Fsp3) is 0.938. The van der Waals surface area contributed by atoms with E-state index >= 15 is 0 Å². The third kappa shape index (κ3) is 4.59. The molecule has 3 fully saturated rings. The zero-order chi connectivity index (χ0) is 16.4. The van der Waals surface area contributed by atoms with Gasteiger partial charge in [0.05, 0.1) is 29.8 Å². The molecule has 2 bridgehead atoms. The van der Waals surface area contributed by atoms with Crippen molar-refractivity contribution in [1.29, 1.82) is 0 Å². The summed E-state index contributed by atoms with van der Waals surface area (Å²) in [7, 11) is -2.82. The first-order valence-corrected chi connectivity index (χ1v) is 10.6. The number of hydrogen-bond acceptors (Lipinski definition) is 4. The Kier molecular flexibility index (Phi) is 5.16. The SMILES string of the molecule is CC(C)CN=C(NCC1CCS(=O)(=O)C1)NC1CC2CCC1O2. The van der Waals surface area contributed by atoms with Gasteiger partial charge in [0.15, 0.2) is 15.8 Å². The van der Waals surface area contributed by atoms with Crippen molar-refractivity contribution in [3.63, 3.8) is 0 Å². The van der Waals surface area contributed by atoms with Crippen molar-refractivity contribution >= 4 is 15.8 Å². The van der Waals surface area contributed by atoms with Crippen molar-refractivity contribution in [2.75, 3.05) is 24.6 Å². The molecule has 0 spiro atoms. The van der Waals surface area contributed by atoms with Crippen molar-refractivity contribution in [2.24, 2.45) is 16.8 Å². The van der Waals surface area contributed by atoms with Gasteiger partial charge in [-0.3, -0.25) is 4.99 Å². The predicted molar refractivity (Wildman–Crippen MR) is 91.3 cm³/mol. The molecule has 132 valence electrons. The van der Waals surface area contributed by atoms with E-state index in [0.717, 1.165) is 31.8 Å². The number of fused-ring (bicyclic) bond motifs is 2. The van der Waals surface area contributed by atoms with Gasteiger partial charge in [0.1, 0.15) is 0 Å². The molecular weight excluding hydrogens is 314 g/mol. The molecule has 0 saturated carbocycles. The van der Waals surface area contributed by atoms with Crippen LogP contribution in [0.3, 0.4) is 0 Å². The zero-order valence-electron chi connectivity index (χ0n) is 14.1. The lowest BCUT2D eigenvalue weighted by Gasteiger charge is -2.24. The lowest BCUT2D eigenvalue weighted by atomic mass is 9.96. The lowest BCUT2D eigenvalue weighted by Crippen LogP contribution is -2.48. The van der Waals surface area contributed by atoms with Gasteiger partial charge in [-0.05, 0) is 37.5 Å². The third-order valence-corrected chi connectivity index (χ3v) is 6.76.